The van der Waals surface area contributed by atoms with Gasteiger partial charge < -0.3 is 10.0 Å². The number of hydrogen-bond donors (Lipinski definition) is 1. The van der Waals surface area contributed by atoms with Crippen molar-refractivity contribution in [3.63, 3.8) is 0 Å². The monoisotopic (exact) mass is 392 g/mol. The lowest BCUT2D eigenvalue weighted by molar-refractivity contribution is -0.136. The van der Waals surface area contributed by atoms with E-state index in [2.05, 4.69) is 13.2 Å². The molecule has 0 saturated carbocycles. The number of rotatable bonds is 8. The van der Waals surface area contributed by atoms with Gasteiger partial charge >= 0.3 is 5.97 Å². The first-order valence-corrected chi connectivity index (χ1v) is 10.1. The van der Waals surface area contributed by atoms with Crippen molar-refractivity contribution in [3.05, 3.63) is 55.1 Å². The Balaban J connectivity index is 2.05. The standard InChI is InChI=1S/C19H24N2O5S/c1-3-5-15(6-4-2)18(22)20-11-13-21(14-12-20)27(25,26)17-9-7-16(8-10-17)19(23)24/h3-4,7-10,15H,1-2,5-6,11-14H2,(H,23,24). The number of allylic oxidation sites excluding steroid dienone is 2. The molecule has 1 aliphatic rings. The highest BCUT2D eigenvalue weighted by Crippen LogP contribution is 2.20. The van der Waals surface area contributed by atoms with Gasteiger partial charge in [-0.05, 0) is 37.1 Å². The Bertz CT molecular complexity index is 799. The number of carboxylic acid groups (broad SMARTS) is 1. The molecule has 1 aromatic rings. The Hall–Kier alpha value is -2.45. The molecule has 0 aromatic heterocycles. The van der Waals surface area contributed by atoms with Crippen molar-refractivity contribution in [1.29, 1.82) is 0 Å². The summed E-state index contributed by atoms with van der Waals surface area (Å²) in [7, 11) is -3.72. The summed E-state index contributed by atoms with van der Waals surface area (Å²) in [5.74, 6) is -1.34. The van der Waals surface area contributed by atoms with Crippen LogP contribution in [0.1, 0.15) is 23.2 Å². The summed E-state index contributed by atoms with van der Waals surface area (Å²) in [5.41, 5.74) is 0.0276. The minimum atomic E-state index is -3.72. The van der Waals surface area contributed by atoms with Crippen LogP contribution in [0.25, 0.3) is 0 Å². The lowest BCUT2D eigenvalue weighted by Crippen LogP contribution is -2.51. The van der Waals surface area contributed by atoms with Crippen molar-refractivity contribution in [2.45, 2.75) is 17.7 Å². The predicted octanol–water partition coefficient (Wildman–Crippen LogP) is 1.99. The Morgan fingerprint density at radius 3 is 2.00 bits per heavy atom. The second-order valence-corrected chi connectivity index (χ2v) is 8.24. The van der Waals surface area contributed by atoms with E-state index < -0.39 is 16.0 Å². The van der Waals surface area contributed by atoms with Crippen LogP contribution in [0.5, 0.6) is 0 Å². The molecular formula is C19H24N2O5S. The minimum Gasteiger partial charge on any atom is -0.478 e. The highest BCUT2D eigenvalue weighted by Gasteiger charge is 2.32. The van der Waals surface area contributed by atoms with E-state index in [0.29, 0.717) is 25.9 Å². The van der Waals surface area contributed by atoms with Gasteiger partial charge in [-0.1, -0.05) is 12.2 Å². The maximum absolute atomic E-state index is 12.7. The zero-order valence-electron chi connectivity index (χ0n) is 15.1. The predicted molar refractivity (Wildman–Crippen MR) is 102 cm³/mol. The lowest BCUT2D eigenvalue weighted by atomic mass is 9.99. The second-order valence-electron chi connectivity index (χ2n) is 6.30. The molecule has 0 aliphatic carbocycles. The third-order valence-corrected chi connectivity index (χ3v) is 6.45. The molecule has 0 radical (unpaired) electrons. The van der Waals surface area contributed by atoms with Crippen LogP contribution >= 0.6 is 0 Å². The van der Waals surface area contributed by atoms with Crippen LogP contribution in [-0.2, 0) is 14.8 Å². The number of hydrogen-bond acceptors (Lipinski definition) is 4. The molecule has 1 fully saturated rings. The first kappa shape index (κ1) is 20.9. The molecule has 0 atom stereocenters. The summed E-state index contributed by atoms with van der Waals surface area (Å²) in [6, 6.07) is 5.12. The van der Waals surface area contributed by atoms with Crippen LogP contribution in [0.15, 0.2) is 54.5 Å². The molecule has 27 heavy (non-hydrogen) atoms. The van der Waals surface area contributed by atoms with Crippen molar-refractivity contribution < 1.29 is 23.1 Å². The van der Waals surface area contributed by atoms with Crippen molar-refractivity contribution in [1.82, 2.24) is 9.21 Å². The van der Waals surface area contributed by atoms with Gasteiger partial charge in [0.25, 0.3) is 0 Å². The molecule has 2 rings (SSSR count). The molecular weight excluding hydrogens is 368 g/mol. The van der Waals surface area contributed by atoms with E-state index >= 15 is 0 Å². The minimum absolute atomic E-state index is 0.0161. The van der Waals surface area contributed by atoms with Crippen LogP contribution in [0.2, 0.25) is 0 Å². The van der Waals surface area contributed by atoms with E-state index in [0.717, 1.165) is 0 Å². The van der Waals surface area contributed by atoms with Crippen molar-refractivity contribution in [3.8, 4) is 0 Å². The van der Waals surface area contributed by atoms with Crippen molar-refractivity contribution >= 4 is 21.9 Å². The van der Waals surface area contributed by atoms with Gasteiger partial charge in [0.2, 0.25) is 15.9 Å². The molecule has 0 spiro atoms. The maximum Gasteiger partial charge on any atom is 0.335 e. The number of carbonyl (C=O) groups excluding carboxylic acids is 1. The summed E-state index contributed by atoms with van der Waals surface area (Å²) in [6.45, 7) is 8.38. The topological polar surface area (TPSA) is 95.0 Å². The van der Waals surface area contributed by atoms with Crippen LogP contribution in [0, 0.1) is 5.92 Å². The van der Waals surface area contributed by atoms with Crippen molar-refractivity contribution in [2.24, 2.45) is 5.92 Å². The van der Waals surface area contributed by atoms with Crippen LogP contribution in [0.4, 0.5) is 0 Å². The molecule has 0 bridgehead atoms. The number of sulfonamides is 1. The Kier molecular flexibility index (Phi) is 6.92. The van der Waals surface area contributed by atoms with Crippen molar-refractivity contribution in [2.75, 3.05) is 26.2 Å². The van der Waals surface area contributed by atoms with Gasteiger partial charge in [-0.25, -0.2) is 13.2 Å². The molecule has 1 aromatic carbocycles. The highest BCUT2D eigenvalue weighted by atomic mass is 32.2. The fourth-order valence-corrected chi connectivity index (χ4v) is 4.45. The van der Waals surface area contributed by atoms with E-state index in [1.54, 1.807) is 17.1 Å². The molecule has 0 unspecified atom stereocenters. The van der Waals surface area contributed by atoms with E-state index in [1.807, 2.05) is 0 Å². The number of piperazine rings is 1. The zero-order chi connectivity index (χ0) is 20.0. The van der Waals surface area contributed by atoms with Crippen LogP contribution in [-0.4, -0.2) is 60.8 Å². The molecule has 1 aliphatic heterocycles. The second kappa shape index (κ2) is 8.96. The average Bonchev–Trinajstić information content (AvgIpc) is 2.67. The normalized spacial score (nSPS) is 15.5. The summed E-state index contributed by atoms with van der Waals surface area (Å²) in [6.07, 6.45) is 4.51. The van der Waals surface area contributed by atoms with Gasteiger partial charge in [-0.15, -0.1) is 13.2 Å². The van der Waals surface area contributed by atoms with E-state index in [-0.39, 0.29) is 35.4 Å². The Labute approximate surface area is 159 Å². The van der Waals surface area contributed by atoms with Gasteiger partial charge in [-0.2, -0.15) is 4.31 Å². The molecule has 1 heterocycles. The quantitative estimate of drug-likeness (QED) is 0.683. The third kappa shape index (κ3) is 4.84. The number of carbonyl (C=O) groups is 2. The number of benzene rings is 1. The fraction of sp³-hybridized carbons (Fsp3) is 0.368. The van der Waals surface area contributed by atoms with E-state index in [1.165, 1.54) is 28.6 Å². The first-order chi connectivity index (χ1) is 12.8. The SMILES string of the molecule is C=CCC(CC=C)C(=O)N1CCN(S(=O)(=O)c2ccc(C(=O)O)cc2)CC1. The first-order valence-electron chi connectivity index (χ1n) is 8.65. The summed E-state index contributed by atoms with van der Waals surface area (Å²) < 4.78 is 26.8. The van der Waals surface area contributed by atoms with Gasteiger partial charge in [0.15, 0.2) is 0 Å². The smallest absolute Gasteiger partial charge is 0.335 e. The molecule has 7 nitrogen and oxygen atoms in total. The summed E-state index contributed by atoms with van der Waals surface area (Å²) >= 11 is 0. The van der Waals surface area contributed by atoms with Gasteiger partial charge in [0, 0.05) is 32.1 Å². The fourth-order valence-electron chi connectivity index (χ4n) is 3.03. The van der Waals surface area contributed by atoms with Crippen LogP contribution in [0.3, 0.4) is 0 Å². The average molecular weight is 392 g/mol. The molecule has 146 valence electrons. The lowest BCUT2D eigenvalue weighted by Gasteiger charge is -2.35. The summed E-state index contributed by atoms with van der Waals surface area (Å²) in [5, 5.41) is 8.92. The van der Waals surface area contributed by atoms with E-state index in [4.69, 9.17) is 5.11 Å². The highest BCUT2D eigenvalue weighted by molar-refractivity contribution is 7.89. The number of amides is 1. The van der Waals surface area contributed by atoms with Gasteiger partial charge in [-0.3, -0.25) is 4.79 Å². The third-order valence-electron chi connectivity index (χ3n) is 4.54. The largest absolute Gasteiger partial charge is 0.478 e. The number of nitrogens with zero attached hydrogens (tertiary/aromatic N) is 2. The molecule has 1 amide bonds. The van der Waals surface area contributed by atoms with Crippen LogP contribution < -0.4 is 0 Å². The van der Waals surface area contributed by atoms with Gasteiger partial charge in [0.1, 0.15) is 0 Å². The molecule has 8 heteroatoms. The zero-order valence-corrected chi connectivity index (χ0v) is 15.9. The Morgan fingerprint density at radius 2 is 1.56 bits per heavy atom. The number of carboxylic acids is 1. The Morgan fingerprint density at radius 1 is 1.04 bits per heavy atom. The molecule has 1 saturated heterocycles. The summed E-state index contributed by atoms with van der Waals surface area (Å²) in [4.78, 5) is 25.2. The van der Waals surface area contributed by atoms with Gasteiger partial charge in [0.05, 0.1) is 10.5 Å². The maximum atomic E-state index is 12.7. The number of aromatic carboxylic acids is 1. The molecule has 1 N–H and O–H groups in total. The van der Waals surface area contributed by atoms with E-state index in [9.17, 15) is 18.0 Å².